The van der Waals surface area contributed by atoms with Crippen LogP contribution in [0.25, 0.3) is 0 Å². The van der Waals surface area contributed by atoms with Crippen molar-refractivity contribution in [1.29, 1.82) is 0 Å². The van der Waals surface area contributed by atoms with Gasteiger partial charge in [0.1, 0.15) is 0 Å². The van der Waals surface area contributed by atoms with Crippen molar-refractivity contribution in [2.45, 2.75) is 379 Å². The van der Waals surface area contributed by atoms with Crippen molar-refractivity contribution in [2.24, 2.45) is 0 Å². The molecule has 69 heavy (non-hydrogen) atoms. The van der Waals surface area contributed by atoms with Gasteiger partial charge in [0.25, 0.3) is 0 Å². The lowest BCUT2D eigenvalue weighted by atomic mass is 10.0. The smallest absolute Gasteiger partial charge is 0.305 e. The maximum absolute atomic E-state index is 12.5. The molecule has 0 saturated heterocycles. The van der Waals surface area contributed by atoms with Crippen LogP contribution in [-0.2, 0) is 14.3 Å². The Morgan fingerprint density at radius 3 is 0.884 bits per heavy atom. The fourth-order valence-electron chi connectivity index (χ4n) is 10.3. The topological polar surface area (TPSA) is 95.9 Å². The molecule has 0 spiro atoms. The zero-order chi connectivity index (χ0) is 50.0. The molecule has 0 aromatic rings. The van der Waals surface area contributed by atoms with E-state index in [1.807, 2.05) is 0 Å². The number of ether oxygens (including phenoxy) is 1. The quantitative estimate of drug-likeness (QED) is 0.0417. The Balaban J connectivity index is 3.41. The molecule has 2 unspecified atom stereocenters. The maximum Gasteiger partial charge on any atom is 0.305 e. The van der Waals surface area contributed by atoms with Crippen molar-refractivity contribution in [1.82, 2.24) is 5.32 Å². The van der Waals surface area contributed by atoms with Crippen molar-refractivity contribution in [2.75, 3.05) is 13.2 Å². The lowest BCUT2D eigenvalue weighted by Gasteiger charge is -2.22. The fraction of sp³-hybridized carbons (Fsp3) is 0.968. The Morgan fingerprint density at radius 1 is 0.348 bits per heavy atom. The van der Waals surface area contributed by atoms with Crippen LogP contribution < -0.4 is 5.32 Å². The highest BCUT2D eigenvalue weighted by atomic mass is 16.5. The number of aliphatic hydroxyl groups is 2. The van der Waals surface area contributed by atoms with Crippen LogP contribution >= 0.6 is 0 Å². The molecule has 0 bridgehead atoms. The van der Waals surface area contributed by atoms with Crippen LogP contribution in [-0.4, -0.2) is 47.4 Å². The van der Waals surface area contributed by atoms with E-state index >= 15 is 0 Å². The Kier molecular flexibility index (Phi) is 58.4. The first kappa shape index (κ1) is 67.9. The number of hydrogen-bond donors (Lipinski definition) is 3. The van der Waals surface area contributed by atoms with Gasteiger partial charge in [-0.15, -0.1) is 0 Å². The van der Waals surface area contributed by atoms with E-state index in [9.17, 15) is 19.8 Å². The van der Waals surface area contributed by atoms with Crippen LogP contribution in [0.15, 0.2) is 0 Å². The van der Waals surface area contributed by atoms with Gasteiger partial charge in [-0.1, -0.05) is 328 Å². The normalized spacial score (nSPS) is 12.5. The van der Waals surface area contributed by atoms with Crippen LogP contribution in [0.2, 0.25) is 0 Å². The second kappa shape index (κ2) is 59.4. The van der Waals surface area contributed by atoms with Gasteiger partial charge in [-0.2, -0.15) is 0 Å². The third kappa shape index (κ3) is 56.0. The minimum Gasteiger partial charge on any atom is -0.466 e. The number of hydrogen-bond acceptors (Lipinski definition) is 5. The van der Waals surface area contributed by atoms with E-state index in [1.54, 1.807) is 0 Å². The summed E-state index contributed by atoms with van der Waals surface area (Å²) in [5.41, 5.74) is 0. The molecule has 3 N–H and O–H groups in total. The number of rotatable bonds is 60. The van der Waals surface area contributed by atoms with Gasteiger partial charge < -0.3 is 20.3 Å². The van der Waals surface area contributed by atoms with Crippen LogP contribution in [0, 0.1) is 0 Å². The zero-order valence-electron chi connectivity index (χ0n) is 47.1. The Morgan fingerprint density at radius 2 is 0.594 bits per heavy atom. The van der Waals surface area contributed by atoms with Gasteiger partial charge in [0, 0.05) is 12.8 Å². The zero-order valence-corrected chi connectivity index (χ0v) is 47.1. The largest absolute Gasteiger partial charge is 0.466 e. The number of aliphatic hydroxyl groups excluding tert-OH is 2. The molecule has 0 fully saturated rings. The van der Waals surface area contributed by atoms with Crippen molar-refractivity contribution in [3.8, 4) is 0 Å². The molecule has 0 aliphatic rings. The summed E-state index contributed by atoms with van der Waals surface area (Å²) < 4.78 is 5.47. The Bertz CT molecular complexity index is 990. The molecule has 0 radical (unpaired) electrons. The van der Waals surface area contributed by atoms with E-state index in [0.29, 0.717) is 25.9 Å². The summed E-state index contributed by atoms with van der Waals surface area (Å²) in [7, 11) is 0. The van der Waals surface area contributed by atoms with Gasteiger partial charge >= 0.3 is 5.97 Å². The first-order chi connectivity index (χ1) is 34.0. The van der Waals surface area contributed by atoms with Gasteiger partial charge in [0.15, 0.2) is 0 Å². The molecule has 412 valence electrons. The highest BCUT2D eigenvalue weighted by molar-refractivity contribution is 5.76. The first-order valence-corrected chi connectivity index (χ1v) is 31.8. The third-order valence-electron chi connectivity index (χ3n) is 15.2. The summed E-state index contributed by atoms with van der Waals surface area (Å²) >= 11 is 0. The number of amides is 1. The van der Waals surface area contributed by atoms with Gasteiger partial charge in [0.05, 0.1) is 25.4 Å². The van der Waals surface area contributed by atoms with Crippen molar-refractivity contribution < 1.29 is 24.5 Å². The minimum atomic E-state index is -0.669. The second-order valence-corrected chi connectivity index (χ2v) is 22.1. The van der Waals surface area contributed by atoms with Crippen LogP contribution in [0.4, 0.5) is 0 Å². The summed E-state index contributed by atoms with van der Waals surface area (Å²) in [4.78, 5) is 24.6. The lowest BCUT2D eigenvalue weighted by Crippen LogP contribution is -2.45. The molecule has 0 aromatic heterocycles. The Labute approximate surface area is 432 Å². The molecule has 6 nitrogen and oxygen atoms in total. The van der Waals surface area contributed by atoms with Crippen LogP contribution in [0.1, 0.15) is 367 Å². The predicted molar refractivity (Wildman–Crippen MR) is 301 cm³/mol. The van der Waals surface area contributed by atoms with Crippen LogP contribution in [0.5, 0.6) is 0 Å². The van der Waals surface area contributed by atoms with Crippen molar-refractivity contribution >= 4 is 11.9 Å². The lowest BCUT2D eigenvalue weighted by molar-refractivity contribution is -0.143. The van der Waals surface area contributed by atoms with Crippen molar-refractivity contribution in [3.63, 3.8) is 0 Å². The first-order valence-electron chi connectivity index (χ1n) is 31.8. The van der Waals surface area contributed by atoms with E-state index < -0.39 is 12.1 Å². The second-order valence-electron chi connectivity index (χ2n) is 22.1. The number of nitrogens with one attached hydrogen (secondary N) is 1. The number of esters is 1. The standard InChI is InChI=1S/C63H125NO5/c1-3-5-7-9-11-13-15-17-18-19-20-21-22-23-24-25-26-29-32-35-39-43-47-51-55-61(66)60(59-65)64-62(67)56-52-48-44-40-36-33-30-27-28-31-34-38-42-46-50-54-58-69-63(68)57-53-49-45-41-37-16-14-12-10-8-6-4-2/h60-61,65-66H,3-59H2,1-2H3,(H,64,67). The number of unbranched alkanes of at least 4 members (excludes halogenated alkanes) is 49. The molecule has 0 heterocycles. The summed E-state index contributed by atoms with van der Waals surface area (Å²) in [5, 5.41) is 23.4. The fourth-order valence-corrected chi connectivity index (χ4v) is 10.3. The van der Waals surface area contributed by atoms with E-state index in [2.05, 4.69) is 19.2 Å². The van der Waals surface area contributed by atoms with E-state index in [4.69, 9.17) is 4.74 Å². The van der Waals surface area contributed by atoms with E-state index in [1.165, 1.54) is 289 Å². The molecule has 0 aliphatic heterocycles. The molecular weight excluding hydrogens is 851 g/mol. The molecular formula is C63H125NO5. The highest BCUT2D eigenvalue weighted by Gasteiger charge is 2.20. The number of carbonyl (C=O) groups excluding carboxylic acids is 2. The third-order valence-corrected chi connectivity index (χ3v) is 15.2. The highest BCUT2D eigenvalue weighted by Crippen LogP contribution is 2.19. The summed E-state index contributed by atoms with van der Waals surface area (Å²) in [6, 6.07) is -0.546. The molecule has 0 aromatic carbocycles. The summed E-state index contributed by atoms with van der Waals surface area (Å²) in [6.45, 7) is 4.98. The molecule has 0 saturated carbocycles. The predicted octanol–water partition coefficient (Wildman–Crippen LogP) is 19.9. The molecule has 0 aliphatic carbocycles. The molecule has 2 atom stereocenters. The average molecular weight is 977 g/mol. The van der Waals surface area contributed by atoms with Gasteiger partial charge in [-0.25, -0.2) is 0 Å². The molecule has 6 heteroatoms. The molecule has 0 rings (SSSR count). The minimum absolute atomic E-state index is 0.00540. The summed E-state index contributed by atoms with van der Waals surface area (Å²) in [5.74, 6) is -0.0311. The van der Waals surface area contributed by atoms with Gasteiger partial charge in [-0.3, -0.25) is 9.59 Å². The van der Waals surface area contributed by atoms with E-state index in [-0.39, 0.29) is 18.5 Å². The monoisotopic (exact) mass is 976 g/mol. The maximum atomic E-state index is 12.5. The number of carbonyl (C=O) groups is 2. The van der Waals surface area contributed by atoms with Gasteiger partial charge in [0.2, 0.25) is 5.91 Å². The van der Waals surface area contributed by atoms with Crippen molar-refractivity contribution in [3.05, 3.63) is 0 Å². The van der Waals surface area contributed by atoms with E-state index in [0.717, 1.165) is 44.9 Å². The SMILES string of the molecule is CCCCCCCCCCCCCCCCCCCCCCCCCCC(O)C(CO)NC(=O)CCCCCCCCCCCCCCCCCCOC(=O)CCCCCCCCCCCCCC. The van der Waals surface area contributed by atoms with Crippen LogP contribution in [0.3, 0.4) is 0 Å². The van der Waals surface area contributed by atoms with Gasteiger partial charge in [-0.05, 0) is 25.7 Å². The Hall–Kier alpha value is -1.14. The molecule has 1 amide bonds. The average Bonchev–Trinajstić information content (AvgIpc) is 3.35. The summed E-state index contributed by atoms with van der Waals surface area (Å²) in [6.07, 6.45) is 69.7.